The Morgan fingerprint density at radius 1 is 0.560 bits per heavy atom. The molecule has 0 heterocycles. The summed E-state index contributed by atoms with van der Waals surface area (Å²) < 4.78 is 2.20. The molecule has 0 nitrogen and oxygen atoms in total. The van der Waals surface area contributed by atoms with Crippen LogP contribution in [0.15, 0.2) is 75.7 Å². The van der Waals surface area contributed by atoms with Crippen molar-refractivity contribution in [2.45, 2.75) is 6.92 Å². The van der Waals surface area contributed by atoms with Gasteiger partial charge in [0.1, 0.15) is 0 Å². The molecule has 2 heteroatoms. The fraction of sp³-hybridized carbons (Fsp3) is 0.0435. The number of benzene rings is 3. The molecule has 0 unspecified atom stereocenters. The van der Waals surface area contributed by atoms with Gasteiger partial charge in [0.15, 0.2) is 0 Å². The average Bonchev–Trinajstić information content (AvgIpc) is 2.62. The molecule has 0 aliphatic rings. The second-order valence-corrected chi connectivity index (χ2v) is 7.72. The lowest BCUT2D eigenvalue weighted by molar-refractivity contribution is 1.43. The number of rotatable bonds is 4. The molecule has 0 amide bonds. The normalized spacial score (nSPS) is 11.5. The van der Waals surface area contributed by atoms with E-state index in [4.69, 9.17) is 0 Å². The van der Waals surface area contributed by atoms with Crippen LogP contribution >= 0.6 is 31.9 Å². The fourth-order valence-corrected chi connectivity index (χ4v) is 3.04. The first-order chi connectivity index (χ1) is 12.1. The third-order valence-corrected chi connectivity index (χ3v) is 5.01. The van der Waals surface area contributed by atoms with E-state index in [1.807, 2.05) is 0 Å². The first-order valence-electron chi connectivity index (χ1n) is 8.08. The highest BCUT2D eigenvalue weighted by molar-refractivity contribution is 9.10. The third-order valence-electron chi connectivity index (χ3n) is 3.96. The van der Waals surface area contributed by atoms with Gasteiger partial charge in [-0.05, 0) is 59.0 Å². The highest BCUT2D eigenvalue weighted by Gasteiger charge is 1.96. The Morgan fingerprint density at radius 2 is 1.00 bits per heavy atom. The standard InChI is InChI=1S/C23H18Br2/c1-17-16-20(3-2-18-6-12-22(24)13-7-18)5-11-21(17)10-4-19-8-14-23(25)15-9-19/h2-16H,1H3. The quantitative estimate of drug-likeness (QED) is 0.352. The fourth-order valence-electron chi connectivity index (χ4n) is 2.52. The van der Waals surface area contributed by atoms with E-state index in [1.54, 1.807) is 0 Å². The van der Waals surface area contributed by atoms with Crippen molar-refractivity contribution < 1.29 is 0 Å². The molecule has 0 radical (unpaired) electrons. The zero-order chi connectivity index (χ0) is 17.6. The van der Waals surface area contributed by atoms with E-state index in [-0.39, 0.29) is 0 Å². The lowest BCUT2D eigenvalue weighted by Gasteiger charge is -2.03. The van der Waals surface area contributed by atoms with Crippen LogP contribution in [0.2, 0.25) is 0 Å². The molecule has 3 rings (SSSR count). The number of hydrogen-bond donors (Lipinski definition) is 0. The van der Waals surface area contributed by atoms with E-state index < -0.39 is 0 Å². The summed E-state index contributed by atoms with van der Waals surface area (Å²) in [5.41, 5.74) is 6.11. The highest BCUT2D eigenvalue weighted by Crippen LogP contribution is 2.18. The molecule has 0 spiro atoms. The van der Waals surface area contributed by atoms with Crippen LogP contribution in [-0.2, 0) is 0 Å². The minimum Gasteiger partial charge on any atom is -0.0544 e. The smallest absolute Gasteiger partial charge is 0.0175 e. The molecular weight excluding hydrogens is 436 g/mol. The Labute approximate surface area is 166 Å². The van der Waals surface area contributed by atoms with Crippen molar-refractivity contribution >= 4 is 56.2 Å². The molecule has 0 N–H and O–H groups in total. The summed E-state index contributed by atoms with van der Waals surface area (Å²) in [6.07, 6.45) is 8.60. The molecule has 124 valence electrons. The van der Waals surface area contributed by atoms with Crippen LogP contribution in [0.5, 0.6) is 0 Å². The summed E-state index contributed by atoms with van der Waals surface area (Å²) in [5.74, 6) is 0. The van der Waals surface area contributed by atoms with Gasteiger partial charge in [0.05, 0.1) is 0 Å². The molecule has 0 bridgehead atoms. The number of aryl methyl sites for hydroxylation is 1. The summed E-state index contributed by atoms with van der Waals surface area (Å²) in [7, 11) is 0. The van der Waals surface area contributed by atoms with Crippen LogP contribution in [0.3, 0.4) is 0 Å². The van der Waals surface area contributed by atoms with Gasteiger partial charge in [-0.3, -0.25) is 0 Å². The van der Waals surface area contributed by atoms with Gasteiger partial charge < -0.3 is 0 Å². The lowest BCUT2D eigenvalue weighted by atomic mass is 10.0. The molecule has 0 aliphatic heterocycles. The first kappa shape index (κ1) is 17.9. The minimum atomic E-state index is 1.10. The van der Waals surface area contributed by atoms with Gasteiger partial charge in [0, 0.05) is 8.95 Å². The van der Waals surface area contributed by atoms with Crippen LogP contribution in [0.1, 0.15) is 27.8 Å². The Balaban J connectivity index is 1.74. The largest absolute Gasteiger partial charge is 0.0544 e. The van der Waals surface area contributed by atoms with Crippen molar-refractivity contribution in [1.29, 1.82) is 0 Å². The third kappa shape index (κ3) is 5.29. The van der Waals surface area contributed by atoms with Crippen molar-refractivity contribution in [3.63, 3.8) is 0 Å². The number of hydrogen-bond acceptors (Lipinski definition) is 0. The second-order valence-electron chi connectivity index (χ2n) is 5.89. The summed E-state index contributed by atoms with van der Waals surface area (Å²) in [4.78, 5) is 0. The van der Waals surface area contributed by atoms with Crippen LogP contribution in [0.4, 0.5) is 0 Å². The number of halogens is 2. The topological polar surface area (TPSA) is 0 Å². The van der Waals surface area contributed by atoms with Crippen molar-refractivity contribution in [2.24, 2.45) is 0 Å². The van der Waals surface area contributed by atoms with E-state index >= 15 is 0 Å². The van der Waals surface area contributed by atoms with Crippen LogP contribution in [0, 0.1) is 6.92 Å². The van der Waals surface area contributed by atoms with Gasteiger partial charge in [0.2, 0.25) is 0 Å². The maximum absolute atomic E-state index is 3.46. The van der Waals surface area contributed by atoms with Crippen LogP contribution < -0.4 is 0 Å². The zero-order valence-corrected chi connectivity index (χ0v) is 17.1. The van der Waals surface area contributed by atoms with Crippen molar-refractivity contribution in [1.82, 2.24) is 0 Å². The molecule has 0 atom stereocenters. The van der Waals surface area contributed by atoms with Gasteiger partial charge in [-0.25, -0.2) is 0 Å². The van der Waals surface area contributed by atoms with Gasteiger partial charge in [-0.1, -0.05) is 98.6 Å². The predicted molar refractivity (Wildman–Crippen MR) is 117 cm³/mol. The van der Waals surface area contributed by atoms with Crippen molar-refractivity contribution in [3.8, 4) is 0 Å². The van der Waals surface area contributed by atoms with E-state index in [0.29, 0.717) is 0 Å². The summed E-state index contributed by atoms with van der Waals surface area (Å²) in [6, 6.07) is 23.2. The first-order valence-corrected chi connectivity index (χ1v) is 9.67. The summed E-state index contributed by atoms with van der Waals surface area (Å²) >= 11 is 6.92. The summed E-state index contributed by atoms with van der Waals surface area (Å²) in [6.45, 7) is 2.15. The Hall–Kier alpha value is -1.90. The van der Waals surface area contributed by atoms with Gasteiger partial charge in [0.25, 0.3) is 0 Å². The zero-order valence-electron chi connectivity index (χ0n) is 13.9. The summed E-state index contributed by atoms with van der Waals surface area (Å²) in [5, 5.41) is 0. The Kier molecular flexibility index (Phi) is 6.06. The van der Waals surface area contributed by atoms with E-state index in [1.165, 1.54) is 27.8 Å². The minimum absolute atomic E-state index is 1.10. The van der Waals surface area contributed by atoms with Gasteiger partial charge in [-0.2, -0.15) is 0 Å². The Morgan fingerprint density at radius 3 is 1.52 bits per heavy atom. The van der Waals surface area contributed by atoms with Crippen LogP contribution in [0.25, 0.3) is 24.3 Å². The maximum atomic E-state index is 3.46. The van der Waals surface area contributed by atoms with E-state index in [2.05, 4.69) is 130 Å². The monoisotopic (exact) mass is 452 g/mol. The van der Waals surface area contributed by atoms with E-state index in [0.717, 1.165) is 8.95 Å². The lowest BCUT2D eigenvalue weighted by Crippen LogP contribution is -1.82. The second kappa shape index (κ2) is 8.46. The highest BCUT2D eigenvalue weighted by atomic mass is 79.9. The van der Waals surface area contributed by atoms with E-state index in [9.17, 15) is 0 Å². The van der Waals surface area contributed by atoms with Gasteiger partial charge in [-0.15, -0.1) is 0 Å². The molecule has 0 aliphatic carbocycles. The van der Waals surface area contributed by atoms with Crippen molar-refractivity contribution in [3.05, 3.63) is 103 Å². The molecule has 25 heavy (non-hydrogen) atoms. The molecule has 0 aromatic heterocycles. The van der Waals surface area contributed by atoms with Crippen molar-refractivity contribution in [2.75, 3.05) is 0 Å². The maximum Gasteiger partial charge on any atom is 0.0175 e. The average molecular weight is 454 g/mol. The molecular formula is C23H18Br2. The molecule has 3 aromatic carbocycles. The molecule has 3 aromatic rings. The Bertz CT molecular complexity index is 902. The van der Waals surface area contributed by atoms with Gasteiger partial charge >= 0.3 is 0 Å². The molecule has 0 fully saturated rings. The molecule has 0 saturated carbocycles. The van der Waals surface area contributed by atoms with Crippen LogP contribution in [-0.4, -0.2) is 0 Å². The molecule has 0 saturated heterocycles. The predicted octanol–water partition coefficient (Wildman–Crippen LogP) is 7.86. The SMILES string of the molecule is Cc1cc(C=Cc2ccc(Br)cc2)ccc1C=Cc1ccc(Br)cc1.